The number of anilines is 1. The Hall–Kier alpha value is -1.60. The van der Waals surface area contributed by atoms with Gasteiger partial charge in [0, 0.05) is 30.8 Å². The Morgan fingerprint density at radius 3 is 2.35 bits per heavy atom. The fraction of sp³-hybridized carbons (Fsp3) is 0.364. The highest BCUT2D eigenvalue weighted by molar-refractivity contribution is 14.1. The maximum Gasteiger partial charge on any atom is 0.328 e. The van der Waals surface area contributed by atoms with Gasteiger partial charge in [-0.3, -0.25) is 4.79 Å². The van der Waals surface area contributed by atoms with Crippen molar-refractivity contribution in [3.63, 3.8) is 0 Å². The van der Waals surface area contributed by atoms with Gasteiger partial charge in [0.2, 0.25) is 0 Å². The lowest BCUT2D eigenvalue weighted by atomic mass is 10.0. The van der Waals surface area contributed by atoms with E-state index in [2.05, 4.69) is 10.2 Å². The zero-order valence-electron chi connectivity index (χ0n) is 17.1. The molecule has 9 heteroatoms. The number of hydrogen-bond donors (Lipinski definition) is 2. The zero-order valence-corrected chi connectivity index (χ0v) is 21.4. The minimum absolute atomic E-state index is 0.210. The highest BCUT2D eigenvalue weighted by Gasteiger charge is 2.24. The molecule has 1 fully saturated rings. The van der Waals surface area contributed by atoms with Gasteiger partial charge in [0.15, 0.2) is 0 Å². The van der Waals surface area contributed by atoms with Crippen molar-refractivity contribution in [3.05, 3.63) is 54.7 Å². The van der Waals surface area contributed by atoms with Gasteiger partial charge in [0.25, 0.3) is 5.91 Å². The topological polar surface area (TPSA) is 88.1 Å². The lowest BCUT2D eigenvalue weighted by molar-refractivity contribution is -0.145. The predicted molar refractivity (Wildman–Crippen MR) is 135 cm³/mol. The molecule has 1 heterocycles. The van der Waals surface area contributed by atoms with Crippen LogP contribution in [0.25, 0.3) is 0 Å². The number of esters is 1. The number of morpholine rings is 1. The maximum atomic E-state index is 12.8. The largest absolute Gasteiger partial charge is 0.506 e. The summed E-state index contributed by atoms with van der Waals surface area (Å²) in [6.45, 7) is 4.98. The summed E-state index contributed by atoms with van der Waals surface area (Å²) in [6.07, 6.45) is 0.267. The molecule has 0 bridgehead atoms. The number of amides is 1. The standard InChI is InChI=1S/C22H24I2N2O5/c1-2-31-22(29)19(13-14-11-17(23)20(27)18(24)12-14)25-21(28)15-3-5-16(6-4-15)26-7-9-30-10-8-26/h3-6,11-12,19,27H,2,7-10,13H2,1H3,(H,25,28). The van der Waals surface area contributed by atoms with E-state index in [9.17, 15) is 14.7 Å². The smallest absolute Gasteiger partial charge is 0.328 e. The Bertz CT molecular complexity index is 907. The van der Waals surface area contributed by atoms with Gasteiger partial charge in [0.05, 0.1) is 27.0 Å². The van der Waals surface area contributed by atoms with Gasteiger partial charge in [-0.15, -0.1) is 0 Å². The fourth-order valence-electron chi connectivity index (χ4n) is 3.29. The van der Waals surface area contributed by atoms with Gasteiger partial charge in [-0.05, 0) is 94.1 Å². The molecule has 2 aromatic carbocycles. The molecule has 2 aromatic rings. The van der Waals surface area contributed by atoms with Gasteiger partial charge in [0.1, 0.15) is 11.8 Å². The molecular weight excluding hydrogens is 626 g/mol. The van der Waals surface area contributed by atoms with E-state index in [1.807, 2.05) is 57.3 Å². The molecule has 31 heavy (non-hydrogen) atoms. The quantitative estimate of drug-likeness (QED) is 0.354. The van der Waals surface area contributed by atoms with E-state index in [4.69, 9.17) is 9.47 Å². The van der Waals surface area contributed by atoms with Crippen LogP contribution >= 0.6 is 45.2 Å². The Labute approximate surface area is 208 Å². The lowest BCUT2D eigenvalue weighted by Gasteiger charge is -2.28. The van der Waals surface area contributed by atoms with Crippen LogP contribution in [0, 0.1) is 7.14 Å². The van der Waals surface area contributed by atoms with Gasteiger partial charge in [-0.2, -0.15) is 0 Å². The highest BCUT2D eigenvalue weighted by atomic mass is 127. The molecule has 0 saturated carbocycles. The maximum absolute atomic E-state index is 12.8. The molecule has 0 spiro atoms. The molecule has 7 nitrogen and oxygen atoms in total. The number of hydrogen-bond acceptors (Lipinski definition) is 6. The third-order valence-corrected chi connectivity index (χ3v) is 6.54. The number of rotatable bonds is 7. The zero-order chi connectivity index (χ0) is 22.4. The molecule has 1 saturated heterocycles. The molecule has 1 amide bonds. The number of phenols is 1. The van der Waals surface area contributed by atoms with Crippen molar-refractivity contribution in [3.8, 4) is 5.75 Å². The molecule has 0 aliphatic carbocycles. The first-order valence-electron chi connectivity index (χ1n) is 9.96. The monoisotopic (exact) mass is 650 g/mol. The third-order valence-electron chi connectivity index (χ3n) is 4.90. The molecule has 1 unspecified atom stereocenters. The SMILES string of the molecule is CCOC(=O)C(Cc1cc(I)c(O)c(I)c1)NC(=O)c1ccc(N2CCOCC2)cc1. The predicted octanol–water partition coefficient (Wildman–Crippen LogP) is 3.34. The second-order valence-corrected chi connectivity index (χ2v) is 9.36. The van der Waals surface area contributed by atoms with E-state index in [0.717, 1.165) is 24.3 Å². The first kappa shape index (κ1) is 24.1. The van der Waals surface area contributed by atoms with E-state index >= 15 is 0 Å². The second-order valence-electron chi connectivity index (χ2n) is 7.04. The van der Waals surface area contributed by atoms with Crippen LogP contribution in [0.3, 0.4) is 0 Å². The molecule has 0 aromatic heterocycles. The summed E-state index contributed by atoms with van der Waals surface area (Å²) in [4.78, 5) is 27.5. The Morgan fingerprint density at radius 2 is 1.77 bits per heavy atom. The summed E-state index contributed by atoms with van der Waals surface area (Å²) in [5, 5.41) is 12.8. The van der Waals surface area contributed by atoms with Crippen LogP contribution in [0.4, 0.5) is 5.69 Å². The van der Waals surface area contributed by atoms with Crippen LogP contribution in [0.15, 0.2) is 36.4 Å². The summed E-state index contributed by atoms with van der Waals surface area (Å²) < 4.78 is 11.9. The Morgan fingerprint density at radius 1 is 1.16 bits per heavy atom. The molecule has 2 N–H and O–H groups in total. The number of nitrogens with zero attached hydrogens (tertiary/aromatic N) is 1. The summed E-state index contributed by atoms with van der Waals surface area (Å²) in [5.41, 5.74) is 2.34. The molecule has 166 valence electrons. The summed E-state index contributed by atoms with van der Waals surface area (Å²) in [5.74, 6) is -0.615. The number of halogens is 2. The normalized spacial score (nSPS) is 14.7. The molecule has 1 aliphatic heterocycles. The Kier molecular flexibility index (Phi) is 8.78. The summed E-state index contributed by atoms with van der Waals surface area (Å²) in [6, 6.07) is 10.1. The van der Waals surface area contributed by atoms with E-state index < -0.39 is 12.0 Å². The van der Waals surface area contributed by atoms with Crippen molar-refractivity contribution in [2.75, 3.05) is 37.8 Å². The van der Waals surface area contributed by atoms with E-state index in [0.29, 0.717) is 25.9 Å². The van der Waals surface area contributed by atoms with Crippen LogP contribution in [-0.2, 0) is 20.7 Å². The number of phenolic OH excluding ortho intramolecular Hbond substituents is 1. The van der Waals surface area contributed by atoms with Crippen molar-refractivity contribution in [2.45, 2.75) is 19.4 Å². The number of ether oxygens (including phenoxy) is 2. The lowest BCUT2D eigenvalue weighted by Crippen LogP contribution is -2.43. The van der Waals surface area contributed by atoms with Crippen molar-refractivity contribution in [1.29, 1.82) is 0 Å². The highest BCUT2D eigenvalue weighted by Crippen LogP contribution is 2.28. The van der Waals surface area contributed by atoms with Gasteiger partial charge >= 0.3 is 5.97 Å². The van der Waals surface area contributed by atoms with E-state index in [1.165, 1.54) is 0 Å². The van der Waals surface area contributed by atoms with Gasteiger partial charge < -0.3 is 24.8 Å². The number of aromatic hydroxyl groups is 1. The minimum Gasteiger partial charge on any atom is -0.506 e. The first-order valence-corrected chi connectivity index (χ1v) is 12.1. The average molecular weight is 650 g/mol. The Balaban J connectivity index is 1.73. The molecule has 1 atom stereocenters. The van der Waals surface area contributed by atoms with Crippen molar-refractivity contribution >= 4 is 62.7 Å². The number of carbonyl (C=O) groups excluding carboxylic acids is 2. The van der Waals surface area contributed by atoms with Crippen LogP contribution in [0.2, 0.25) is 0 Å². The number of benzene rings is 2. The van der Waals surface area contributed by atoms with Gasteiger partial charge in [-0.1, -0.05) is 0 Å². The van der Waals surface area contributed by atoms with E-state index in [-0.39, 0.29) is 24.7 Å². The van der Waals surface area contributed by atoms with E-state index in [1.54, 1.807) is 31.2 Å². The fourth-order valence-corrected chi connectivity index (χ4v) is 5.19. The van der Waals surface area contributed by atoms with Crippen molar-refractivity contribution in [1.82, 2.24) is 5.32 Å². The molecule has 0 radical (unpaired) electrons. The first-order chi connectivity index (χ1) is 14.9. The van der Waals surface area contributed by atoms with Crippen LogP contribution in [-0.4, -0.2) is 55.9 Å². The van der Waals surface area contributed by atoms with Crippen LogP contribution in [0.1, 0.15) is 22.8 Å². The molecule has 3 rings (SSSR count). The number of carbonyl (C=O) groups is 2. The van der Waals surface area contributed by atoms with Crippen LogP contribution < -0.4 is 10.2 Å². The summed E-state index contributed by atoms with van der Waals surface area (Å²) in [7, 11) is 0. The third kappa shape index (κ3) is 6.45. The average Bonchev–Trinajstić information content (AvgIpc) is 2.77. The van der Waals surface area contributed by atoms with Crippen molar-refractivity contribution in [2.24, 2.45) is 0 Å². The molecular formula is C22H24I2N2O5. The minimum atomic E-state index is -0.831. The molecule has 1 aliphatic rings. The van der Waals surface area contributed by atoms with Crippen LogP contribution in [0.5, 0.6) is 5.75 Å². The second kappa shape index (κ2) is 11.3. The van der Waals surface area contributed by atoms with Crippen molar-refractivity contribution < 1.29 is 24.2 Å². The number of nitrogens with one attached hydrogen (secondary N) is 1. The van der Waals surface area contributed by atoms with Gasteiger partial charge in [-0.25, -0.2) is 4.79 Å². The summed E-state index contributed by atoms with van der Waals surface area (Å²) >= 11 is 4.08.